The third-order valence-electron chi connectivity index (χ3n) is 4.69. The largest absolute Gasteiger partial charge is 0.464 e. The van der Waals surface area contributed by atoms with Crippen LogP contribution in [0.4, 0.5) is 5.82 Å². The van der Waals surface area contributed by atoms with Gasteiger partial charge in [0.25, 0.3) is 0 Å². The van der Waals surface area contributed by atoms with Crippen LogP contribution in [0.1, 0.15) is 22.9 Å². The number of amides is 1. The van der Waals surface area contributed by atoms with Crippen molar-refractivity contribution >= 4 is 22.7 Å². The van der Waals surface area contributed by atoms with Crippen molar-refractivity contribution in [2.24, 2.45) is 0 Å². The normalized spacial score (nSPS) is 17.6. The minimum absolute atomic E-state index is 0.0606. The number of nitrogens with zero attached hydrogens (tertiary/aromatic N) is 2. The molecule has 6 nitrogen and oxygen atoms in total. The third kappa shape index (κ3) is 3.28. The van der Waals surface area contributed by atoms with E-state index in [-0.39, 0.29) is 12.0 Å². The van der Waals surface area contributed by atoms with Gasteiger partial charge in [0.15, 0.2) is 0 Å². The van der Waals surface area contributed by atoms with Gasteiger partial charge in [0.05, 0.1) is 31.5 Å². The summed E-state index contributed by atoms with van der Waals surface area (Å²) in [6.45, 7) is 3.56. The van der Waals surface area contributed by atoms with Gasteiger partial charge in [0.2, 0.25) is 5.91 Å². The number of carbonyl (C=O) groups excluding carboxylic acids is 1. The molecule has 1 amide bonds. The highest BCUT2D eigenvalue weighted by Gasteiger charge is 2.27. The van der Waals surface area contributed by atoms with Crippen LogP contribution in [-0.4, -0.2) is 35.5 Å². The lowest BCUT2D eigenvalue weighted by Crippen LogP contribution is -2.43. The van der Waals surface area contributed by atoms with Crippen LogP contribution >= 0.6 is 0 Å². The topological polar surface area (TPSA) is 81.6 Å². The van der Waals surface area contributed by atoms with Gasteiger partial charge in [-0.25, -0.2) is 4.98 Å². The van der Waals surface area contributed by atoms with E-state index >= 15 is 0 Å². The maximum Gasteiger partial charge on any atom is 0.227 e. The molecule has 1 atom stereocenters. The van der Waals surface area contributed by atoms with Crippen molar-refractivity contribution in [3.63, 3.8) is 0 Å². The number of carbonyl (C=O) groups is 1. The van der Waals surface area contributed by atoms with Gasteiger partial charge < -0.3 is 19.8 Å². The molecule has 1 saturated heterocycles. The molecule has 2 aromatic heterocycles. The first kappa shape index (κ1) is 16.6. The van der Waals surface area contributed by atoms with Crippen LogP contribution in [0.3, 0.4) is 0 Å². The second-order valence-corrected chi connectivity index (χ2v) is 6.62. The van der Waals surface area contributed by atoms with E-state index in [4.69, 9.17) is 14.9 Å². The molecule has 1 aliphatic rings. The number of fused-ring (bicyclic) bond motifs is 1. The number of nitrogens with two attached hydrogens (primary N) is 1. The molecule has 0 spiro atoms. The first-order valence-electron chi connectivity index (χ1n) is 8.69. The smallest absolute Gasteiger partial charge is 0.227 e. The molecule has 1 aromatic carbocycles. The lowest BCUT2D eigenvalue weighted by molar-refractivity contribution is -0.138. The summed E-state index contributed by atoms with van der Waals surface area (Å²) in [7, 11) is 0. The minimum atomic E-state index is -0.250. The SMILES string of the molecule is Cc1ccc2c(CC(=O)N3CCO[C@@H](c4cccc(N)n4)C3)coc2c1. The summed E-state index contributed by atoms with van der Waals surface area (Å²) < 4.78 is 11.4. The summed E-state index contributed by atoms with van der Waals surface area (Å²) in [5.41, 5.74) is 9.38. The Morgan fingerprint density at radius 1 is 1.35 bits per heavy atom. The molecule has 0 radical (unpaired) electrons. The molecule has 3 heterocycles. The molecule has 3 aromatic rings. The zero-order valence-electron chi connectivity index (χ0n) is 14.6. The number of benzene rings is 1. The maximum absolute atomic E-state index is 12.8. The number of rotatable bonds is 3. The van der Waals surface area contributed by atoms with Crippen molar-refractivity contribution in [3.05, 3.63) is 59.5 Å². The fourth-order valence-corrected chi connectivity index (χ4v) is 3.31. The standard InChI is InChI=1S/C20H21N3O3/c1-13-5-6-15-14(12-26-17(15)9-13)10-20(24)23-7-8-25-18(11-23)16-3-2-4-19(21)22-16/h2-6,9,12,18H,7-8,10-11H2,1H3,(H2,21,22)/t18-/m1/s1. The molecule has 0 aliphatic carbocycles. The number of hydrogen-bond acceptors (Lipinski definition) is 5. The van der Waals surface area contributed by atoms with E-state index in [1.807, 2.05) is 42.2 Å². The molecule has 0 saturated carbocycles. The fourth-order valence-electron chi connectivity index (χ4n) is 3.31. The second-order valence-electron chi connectivity index (χ2n) is 6.62. The van der Waals surface area contributed by atoms with Crippen molar-refractivity contribution in [1.29, 1.82) is 0 Å². The van der Waals surface area contributed by atoms with Gasteiger partial charge in [-0.1, -0.05) is 18.2 Å². The molecule has 0 bridgehead atoms. The van der Waals surface area contributed by atoms with Gasteiger partial charge in [-0.2, -0.15) is 0 Å². The first-order valence-corrected chi connectivity index (χ1v) is 8.69. The zero-order chi connectivity index (χ0) is 18.1. The highest BCUT2D eigenvalue weighted by Crippen LogP contribution is 2.25. The van der Waals surface area contributed by atoms with Crippen LogP contribution in [0, 0.1) is 6.92 Å². The van der Waals surface area contributed by atoms with Crippen LogP contribution < -0.4 is 5.73 Å². The van der Waals surface area contributed by atoms with Crippen molar-refractivity contribution in [2.45, 2.75) is 19.4 Å². The predicted molar refractivity (Wildman–Crippen MR) is 98.6 cm³/mol. The van der Waals surface area contributed by atoms with Crippen molar-refractivity contribution < 1.29 is 13.9 Å². The highest BCUT2D eigenvalue weighted by molar-refractivity contribution is 5.88. The van der Waals surface area contributed by atoms with Gasteiger partial charge in [-0.3, -0.25) is 4.79 Å². The molecule has 26 heavy (non-hydrogen) atoms. The van der Waals surface area contributed by atoms with Crippen LogP contribution in [0.25, 0.3) is 11.0 Å². The third-order valence-corrected chi connectivity index (χ3v) is 4.69. The summed E-state index contributed by atoms with van der Waals surface area (Å²) in [5.74, 6) is 0.514. The van der Waals surface area contributed by atoms with E-state index in [1.54, 1.807) is 12.3 Å². The molecule has 6 heteroatoms. The molecule has 4 rings (SSSR count). The predicted octanol–water partition coefficient (Wildman–Crippen LogP) is 2.86. The van der Waals surface area contributed by atoms with Gasteiger partial charge >= 0.3 is 0 Å². The number of hydrogen-bond donors (Lipinski definition) is 1. The summed E-state index contributed by atoms with van der Waals surface area (Å²) in [5, 5.41) is 0.992. The summed E-state index contributed by atoms with van der Waals surface area (Å²) in [4.78, 5) is 18.9. The Kier molecular flexibility index (Phi) is 4.34. The number of pyridine rings is 1. The number of aryl methyl sites for hydroxylation is 1. The van der Waals surface area contributed by atoms with Gasteiger partial charge in [-0.15, -0.1) is 0 Å². The van der Waals surface area contributed by atoms with Crippen molar-refractivity contribution in [1.82, 2.24) is 9.88 Å². The summed E-state index contributed by atoms with van der Waals surface area (Å²) >= 11 is 0. The number of nitrogen functional groups attached to an aromatic ring is 1. The Bertz CT molecular complexity index is 950. The summed E-state index contributed by atoms with van der Waals surface area (Å²) in [6, 6.07) is 11.5. The quantitative estimate of drug-likeness (QED) is 0.785. The minimum Gasteiger partial charge on any atom is -0.464 e. The molecule has 134 valence electrons. The average molecular weight is 351 g/mol. The van der Waals surface area contributed by atoms with E-state index in [1.165, 1.54) is 0 Å². The molecular formula is C20H21N3O3. The van der Waals surface area contributed by atoms with E-state index in [0.29, 0.717) is 31.9 Å². The average Bonchev–Trinajstić information content (AvgIpc) is 3.03. The van der Waals surface area contributed by atoms with E-state index < -0.39 is 0 Å². The molecule has 1 aliphatic heterocycles. The van der Waals surface area contributed by atoms with Crippen LogP contribution in [0.2, 0.25) is 0 Å². The van der Waals surface area contributed by atoms with Crippen LogP contribution in [0.5, 0.6) is 0 Å². The lowest BCUT2D eigenvalue weighted by Gasteiger charge is -2.32. The van der Waals surface area contributed by atoms with Gasteiger partial charge in [-0.05, 0) is 30.7 Å². The van der Waals surface area contributed by atoms with Crippen LogP contribution in [-0.2, 0) is 16.0 Å². The Morgan fingerprint density at radius 2 is 2.23 bits per heavy atom. The maximum atomic E-state index is 12.8. The molecule has 1 fully saturated rings. The molecular weight excluding hydrogens is 330 g/mol. The Morgan fingerprint density at radius 3 is 3.08 bits per heavy atom. The number of aromatic nitrogens is 1. The Balaban J connectivity index is 1.49. The number of morpholine rings is 1. The van der Waals surface area contributed by atoms with Crippen molar-refractivity contribution in [3.8, 4) is 0 Å². The highest BCUT2D eigenvalue weighted by atomic mass is 16.5. The summed E-state index contributed by atoms with van der Waals surface area (Å²) in [6.07, 6.45) is 1.74. The monoisotopic (exact) mass is 351 g/mol. The van der Waals surface area contributed by atoms with Gasteiger partial charge in [0, 0.05) is 17.5 Å². The molecule has 0 unspecified atom stereocenters. The van der Waals surface area contributed by atoms with E-state index in [9.17, 15) is 4.79 Å². The second kappa shape index (κ2) is 6.80. The Hall–Kier alpha value is -2.86. The fraction of sp³-hybridized carbons (Fsp3) is 0.300. The van der Waals surface area contributed by atoms with E-state index in [0.717, 1.165) is 27.8 Å². The number of anilines is 1. The van der Waals surface area contributed by atoms with Gasteiger partial charge in [0.1, 0.15) is 17.5 Å². The number of furan rings is 1. The zero-order valence-corrected chi connectivity index (χ0v) is 14.6. The van der Waals surface area contributed by atoms with Crippen molar-refractivity contribution in [2.75, 3.05) is 25.4 Å². The number of ether oxygens (including phenoxy) is 1. The van der Waals surface area contributed by atoms with E-state index in [2.05, 4.69) is 4.98 Å². The molecule has 2 N–H and O–H groups in total. The lowest BCUT2D eigenvalue weighted by atomic mass is 10.1. The Labute approximate surface area is 151 Å². The first-order chi connectivity index (χ1) is 12.6. The van der Waals surface area contributed by atoms with Crippen LogP contribution in [0.15, 0.2) is 47.1 Å².